The van der Waals surface area contributed by atoms with E-state index in [1.165, 1.54) is 5.39 Å². The summed E-state index contributed by atoms with van der Waals surface area (Å²) in [4.78, 5) is 28.2. The number of hydrogen-bond donors (Lipinski definition) is 1. The predicted octanol–water partition coefficient (Wildman–Crippen LogP) is 5.11. The van der Waals surface area contributed by atoms with Crippen molar-refractivity contribution in [1.82, 2.24) is 10.2 Å². The van der Waals surface area contributed by atoms with Gasteiger partial charge in [-0.2, -0.15) is 0 Å². The molecule has 3 aromatic carbocycles. The molecule has 0 radical (unpaired) electrons. The van der Waals surface area contributed by atoms with Gasteiger partial charge in [-0.3, -0.25) is 9.59 Å². The Balaban J connectivity index is 1.84. The molecule has 0 aliphatic heterocycles. The number of fused-ring (bicyclic) bond motifs is 1. The maximum absolute atomic E-state index is 13.5. The van der Waals surface area contributed by atoms with E-state index in [4.69, 9.17) is 4.74 Å². The number of nitrogens with zero attached hydrogens (tertiary/aromatic N) is 1. The zero-order valence-electron chi connectivity index (χ0n) is 20.0. The molecule has 0 saturated carbocycles. The molecule has 0 aliphatic rings. The number of rotatable bonds is 10. The third-order valence-corrected chi connectivity index (χ3v) is 5.79. The normalized spacial score (nSPS) is 11.9. The molecule has 0 saturated heterocycles. The summed E-state index contributed by atoms with van der Waals surface area (Å²) in [6, 6.07) is 21.5. The first-order valence-corrected chi connectivity index (χ1v) is 11.6. The van der Waals surface area contributed by atoms with Crippen LogP contribution in [0.25, 0.3) is 10.8 Å². The van der Waals surface area contributed by atoms with Crippen LogP contribution in [0.2, 0.25) is 0 Å². The molecule has 0 bridgehead atoms. The van der Waals surface area contributed by atoms with Crippen molar-refractivity contribution in [2.45, 2.75) is 58.7 Å². The Kier molecular flexibility index (Phi) is 8.47. The Morgan fingerprint density at radius 1 is 1.00 bits per heavy atom. The van der Waals surface area contributed by atoms with Crippen LogP contribution in [0.4, 0.5) is 0 Å². The van der Waals surface area contributed by atoms with E-state index in [2.05, 4.69) is 29.6 Å². The molecular weight excluding hydrogens is 412 g/mol. The lowest BCUT2D eigenvalue weighted by Crippen LogP contribution is -2.50. The Morgan fingerprint density at radius 2 is 1.73 bits per heavy atom. The van der Waals surface area contributed by atoms with Crippen molar-refractivity contribution in [3.8, 4) is 5.75 Å². The minimum absolute atomic E-state index is 0.0102. The van der Waals surface area contributed by atoms with E-state index in [0.717, 1.165) is 22.3 Å². The summed E-state index contributed by atoms with van der Waals surface area (Å²) in [5.74, 6) is 0.584. The lowest BCUT2D eigenvalue weighted by molar-refractivity contribution is -0.141. The fraction of sp³-hybridized carbons (Fsp3) is 0.357. The number of nitrogens with one attached hydrogen (secondary N) is 1. The molecule has 1 unspecified atom stereocenters. The number of methoxy groups -OCH3 is 1. The number of amides is 2. The summed E-state index contributed by atoms with van der Waals surface area (Å²) < 4.78 is 5.35. The summed E-state index contributed by atoms with van der Waals surface area (Å²) >= 11 is 0. The van der Waals surface area contributed by atoms with Crippen molar-refractivity contribution < 1.29 is 14.3 Å². The highest BCUT2D eigenvalue weighted by Gasteiger charge is 2.28. The first kappa shape index (κ1) is 24.3. The van der Waals surface area contributed by atoms with Crippen LogP contribution in [0, 0.1) is 0 Å². The average Bonchev–Trinajstić information content (AvgIpc) is 2.82. The highest BCUT2D eigenvalue weighted by Crippen LogP contribution is 2.22. The summed E-state index contributed by atoms with van der Waals surface area (Å²) in [6.45, 7) is 6.16. The lowest BCUT2D eigenvalue weighted by Gasteiger charge is -2.31. The van der Waals surface area contributed by atoms with E-state index in [9.17, 15) is 9.59 Å². The number of aryl methyl sites for hydroxylation is 1. The topological polar surface area (TPSA) is 58.6 Å². The number of carbonyl (C=O) groups is 2. The molecule has 3 rings (SSSR count). The van der Waals surface area contributed by atoms with Gasteiger partial charge < -0.3 is 15.0 Å². The van der Waals surface area contributed by atoms with Gasteiger partial charge >= 0.3 is 0 Å². The molecule has 2 amide bonds. The zero-order chi connectivity index (χ0) is 23.8. The Bertz CT molecular complexity index is 1090. The summed E-state index contributed by atoms with van der Waals surface area (Å²) in [7, 11) is 1.62. The van der Waals surface area contributed by atoms with E-state index < -0.39 is 6.04 Å². The smallest absolute Gasteiger partial charge is 0.243 e. The maximum Gasteiger partial charge on any atom is 0.243 e. The van der Waals surface area contributed by atoms with E-state index in [1.54, 1.807) is 12.0 Å². The van der Waals surface area contributed by atoms with Gasteiger partial charge in [-0.25, -0.2) is 0 Å². The van der Waals surface area contributed by atoms with Gasteiger partial charge in [-0.05, 0) is 60.7 Å². The van der Waals surface area contributed by atoms with Crippen molar-refractivity contribution in [1.29, 1.82) is 0 Å². The van der Waals surface area contributed by atoms with E-state index in [0.29, 0.717) is 25.8 Å². The van der Waals surface area contributed by atoms with Gasteiger partial charge in [0.1, 0.15) is 11.8 Å². The number of ether oxygens (including phenoxy) is 1. The number of hydrogen-bond acceptors (Lipinski definition) is 3. The van der Waals surface area contributed by atoms with Crippen molar-refractivity contribution in [3.05, 3.63) is 77.9 Å². The molecule has 0 aromatic heterocycles. The number of carbonyl (C=O) groups excluding carboxylic acids is 2. The minimum atomic E-state index is -0.529. The van der Waals surface area contributed by atoms with Crippen molar-refractivity contribution in [2.75, 3.05) is 7.11 Å². The van der Waals surface area contributed by atoms with Gasteiger partial charge in [0.2, 0.25) is 11.8 Å². The second kappa shape index (κ2) is 11.5. The fourth-order valence-electron chi connectivity index (χ4n) is 4.16. The van der Waals surface area contributed by atoms with E-state index >= 15 is 0 Å². The molecule has 0 heterocycles. The van der Waals surface area contributed by atoms with E-state index in [1.807, 2.05) is 63.2 Å². The molecular formula is C28H34N2O3. The van der Waals surface area contributed by atoms with Gasteiger partial charge in [0.15, 0.2) is 0 Å². The maximum atomic E-state index is 13.5. The highest BCUT2D eigenvalue weighted by molar-refractivity contribution is 5.89. The molecule has 1 N–H and O–H groups in total. The van der Waals surface area contributed by atoms with Crippen LogP contribution in [0.15, 0.2) is 66.7 Å². The molecule has 1 atom stereocenters. The lowest BCUT2D eigenvalue weighted by atomic mass is 10.00. The minimum Gasteiger partial charge on any atom is -0.497 e. The first-order valence-electron chi connectivity index (χ1n) is 11.6. The van der Waals surface area contributed by atoms with Crippen LogP contribution in [0.3, 0.4) is 0 Å². The van der Waals surface area contributed by atoms with E-state index in [-0.39, 0.29) is 17.9 Å². The van der Waals surface area contributed by atoms with Crippen LogP contribution >= 0.6 is 0 Å². The first-order chi connectivity index (χ1) is 15.9. The van der Waals surface area contributed by atoms with Gasteiger partial charge in [0, 0.05) is 19.0 Å². The van der Waals surface area contributed by atoms with Crippen molar-refractivity contribution >= 4 is 22.6 Å². The third-order valence-electron chi connectivity index (χ3n) is 5.79. The van der Waals surface area contributed by atoms with Crippen LogP contribution < -0.4 is 10.1 Å². The van der Waals surface area contributed by atoms with Gasteiger partial charge in [-0.15, -0.1) is 0 Å². The van der Waals surface area contributed by atoms with Crippen LogP contribution in [-0.2, 0) is 22.6 Å². The van der Waals surface area contributed by atoms with Crippen molar-refractivity contribution in [3.63, 3.8) is 0 Å². The summed E-state index contributed by atoms with van der Waals surface area (Å²) in [5.41, 5.74) is 2.08. The SMILES string of the molecule is CCC(C(=O)NC(C)C)N(Cc1cccc(OC)c1)C(=O)CCc1cccc2ccccc12. The predicted molar refractivity (Wildman–Crippen MR) is 133 cm³/mol. The molecule has 174 valence electrons. The van der Waals surface area contributed by atoms with Crippen LogP contribution in [-0.4, -0.2) is 35.9 Å². The molecule has 5 heteroatoms. The van der Waals surface area contributed by atoms with Gasteiger partial charge in [0.05, 0.1) is 7.11 Å². The van der Waals surface area contributed by atoms with Crippen LogP contribution in [0.1, 0.15) is 44.7 Å². The monoisotopic (exact) mass is 446 g/mol. The molecule has 33 heavy (non-hydrogen) atoms. The second-order valence-electron chi connectivity index (χ2n) is 8.60. The molecule has 5 nitrogen and oxygen atoms in total. The highest BCUT2D eigenvalue weighted by atomic mass is 16.5. The Morgan fingerprint density at radius 3 is 2.45 bits per heavy atom. The van der Waals surface area contributed by atoms with Crippen molar-refractivity contribution in [2.24, 2.45) is 0 Å². The largest absolute Gasteiger partial charge is 0.497 e. The number of benzene rings is 3. The molecule has 3 aromatic rings. The van der Waals surface area contributed by atoms with Gasteiger partial charge in [0.25, 0.3) is 0 Å². The second-order valence-corrected chi connectivity index (χ2v) is 8.60. The Labute approximate surface area is 196 Å². The standard InChI is InChI=1S/C28H34N2O3/c1-5-26(28(32)29-20(2)3)30(19-21-10-8-14-24(18-21)33-4)27(31)17-16-23-13-9-12-22-11-6-7-15-25(22)23/h6-15,18,20,26H,5,16-17,19H2,1-4H3,(H,29,32). The Hall–Kier alpha value is -3.34. The average molecular weight is 447 g/mol. The van der Waals surface area contributed by atoms with Crippen LogP contribution in [0.5, 0.6) is 5.75 Å². The summed E-state index contributed by atoms with van der Waals surface area (Å²) in [5, 5.41) is 5.31. The molecule has 0 aliphatic carbocycles. The molecule has 0 spiro atoms. The quantitative estimate of drug-likeness (QED) is 0.471. The van der Waals surface area contributed by atoms with Gasteiger partial charge in [-0.1, -0.05) is 61.5 Å². The zero-order valence-corrected chi connectivity index (χ0v) is 20.0. The third kappa shape index (κ3) is 6.35. The fourth-order valence-corrected chi connectivity index (χ4v) is 4.16. The summed E-state index contributed by atoms with van der Waals surface area (Å²) in [6.07, 6.45) is 1.50. The molecule has 0 fully saturated rings.